The summed E-state index contributed by atoms with van der Waals surface area (Å²) in [6, 6.07) is 18.6. The second-order valence-electron chi connectivity index (χ2n) is 5.63. The lowest BCUT2D eigenvalue weighted by Crippen LogP contribution is -2.29. The van der Waals surface area contributed by atoms with E-state index in [4.69, 9.17) is 21.1 Å². The molecule has 0 bridgehead atoms. The fourth-order valence-corrected chi connectivity index (χ4v) is 2.92. The third kappa shape index (κ3) is 4.03. The fraction of sp³-hybridized carbons (Fsp3) is 0.150. The Labute approximate surface area is 150 Å². The number of carboxylic acid groups (broad SMARTS) is 1. The molecule has 0 aromatic heterocycles. The van der Waals surface area contributed by atoms with Gasteiger partial charge in [-0.25, -0.2) is 4.79 Å². The topological polar surface area (TPSA) is 55.8 Å². The molecule has 0 radical (unpaired) electrons. The molecule has 3 aromatic carbocycles. The lowest BCUT2D eigenvalue weighted by Gasteiger charge is -2.16. The molecule has 0 aliphatic rings. The van der Waals surface area contributed by atoms with Crippen molar-refractivity contribution in [3.63, 3.8) is 0 Å². The predicted octanol–water partition coefficient (Wildman–Crippen LogP) is 4.58. The molecule has 3 rings (SSSR count). The summed E-state index contributed by atoms with van der Waals surface area (Å²) in [7, 11) is 1.53. The van der Waals surface area contributed by atoms with Crippen molar-refractivity contribution in [1.29, 1.82) is 0 Å². The molecule has 0 fully saturated rings. The van der Waals surface area contributed by atoms with Crippen molar-refractivity contribution < 1.29 is 19.4 Å². The summed E-state index contributed by atoms with van der Waals surface area (Å²) >= 11 is 6.10. The summed E-state index contributed by atoms with van der Waals surface area (Å²) in [5.74, 6) is 0.0403. The predicted molar refractivity (Wildman–Crippen MR) is 97.7 cm³/mol. The van der Waals surface area contributed by atoms with Crippen LogP contribution in [0.4, 0.5) is 0 Å². The summed E-state index contributed by atoms with van der Waals surface area (Å²) in [6.07, 6.45) is -0.808. The van der Waals surface area contributed by atoms with Gasteiger partial charge in [0.2, 0.25) is 0 Å². The summed E-state index contributed by atoms with van der Waals surface area (Å²) in [5, 5.41) is 12.0. The molecule has 4 nitrogen and oxygen atoms in total. The fourth-order valence-electron chi connectivity index (χ4n) is 2.64. The molecule has 128 valence electrons. The maximum absolute atomic E-state index is 11.6. The smallest absolute Gasteiger partial charge is 0.345 e. The van der Waals surface area contributed by atoms with Gasteiger partial charge >= 0.3 is 5.97 Å². The Morgan fingerprint density at radius 1 is 1.08 bits per heavy atom. The van der Waals surface area contributed by atoms with Crippen LogP contribution in [0.3, 0.4) is 0 Å². The molecule has 0 aliphatic carbocycles. The Morgan fingerprint density at radius 3 is 2.52 bits per heavy atom. The van der Waals surface area contributed by atoms with Gasteiger partial charge in [0.15, 0.2) is 6.10 Å². The van der Waals surface area contributed by atoms with Gasteiger partial charge < -0.3 is 14.6 Å². The monoisotopic (exact) mass is 356 g/mol. The van der Waals surface area contributed by atoms with E-state index in [0.717, 1.165) is 16.3 Å². The molecular weight excluding hydrogens is 340 g/mol. The lowest BCUT2D eigenvalue weighted by molar-refractivity contribution is -0.145. The molecule has 3 aromatic rings. The first-order valence-electron chi connectivity index (χ1n) is 7.77. The Morgan fingerprint density at radius 2 is 1.84 bits per heavy atom. The molecule has 0 spiro atoms. The van der Waals surface area contributed by atoms with Crippen LogP contribution in [-0.4, -0.2) is 24.3 Å². The molecule has 0 aliphatic heterocycles. The zero-order chi connectivity index (χ0) is 17.8. The molecule has 5 heteroatoms. The maximum Gasteiger partial charge on any atom is 0.345 e. The molecule has 25 heavy (non-hydrogen) atoms. The van der Waals surface area contributed by atoms with Crippen LogP contribution < -0.4 is 9.47 Å². The van der Waals surface area contributed by atoms with Crippen LogP contribution in [0.5, 0.6) is 11.5 Å². The number of fused-ring (bicyclic) bond motifs is 1. The summed E-state index contributed by atoms with van der Waals surface area (Å²) < 4.78 is 10.8. The van der Waals surface area contributed by atoms with Gasteiger partial charge in [-0.1, -0.05) is 48.0 Å². The van der Waals surface area contributed by atoms with Crippen LogP contribution >= 0.6 is 11.6 Å². The van der Waals surface area contributed by atoms with E-state index in [-0.39, 0.29) is 6.42 Å². The van der Waals surface area contributed by atoms with Crippen LogP contribution in [0, 0.1) is 0 Å². The maximum atomic E-state index is 11.6. The largest absolute Gasteiger partial charge is 0.495 e. The minimum Gasteiger partial charge on any atom is -0.495 e. The summed E-state index contributed by atoms with van der Waals surface area (Å²) in [4.78, 5) is 11.6. The van der Waals surface area contributed by atoms with Gasteiger partial charge in [0, 0.05) is 6.42 Å². The van der Waals surface area contributed by atoms with E-state index in [9.17, 15) is 9.90 Å². The Balaban J connectivity index is 1.80. The second kappa shape index (κ2) is 7.45. The van der Waals surface area contributed by atoms with Crippen molar-refractivity contribution in [2.75, 3.05) is 7.11 Å². The standard InChI is InChI=1S/C20H17ClO4/c1-24-18-9-6-13(10-17(18)21)11-19(20(22)23)25-16-8-7-14-4-2-3-5-15(14)12-16/h2-10,12,19H,11H2,1H3,(H,22,23)/t19-/m0/s1. The van der Waals surface area contributed by atoms with E-state index in [2.05, 4.69) is 0 Å². The van der Waals surface area contributed by atoms with Crippen molar-refractivity contribution >= 4 is 28.3 Å². The van der Waals surface area contributed by atoms with Gasteiger partial charge in [0.25, 0.3) is 0 Å². The van der Waals surface area contributed by atoms with E-state index < -0.39 is 12.1 Å². The first-order valence-corrected chi connectivity index (χ1v) is 8.15. The van der Waals surface area contributed by atoms with E-state index in [1.807, 2.05) is 36.4 Å². The Hall–Kier alpha value is -2.72. The minimum atomic E-state index is -1.03. The molecule has 0 amide bonds. The van der Waals surface area contributed by atoms with E-state index >= 15 is 0 Å². The van der Waals surface area contributed by atoms with Gasteiger partial charge in [0.1, 0.15) is 11.5 Å². The Bertz CT molecular complexity index is 907. The molecule has 1 atom stereocenters. The normalized spacial score (nSPS) is 11.9. The number of halogens is 1. The van der Waals surface area contributed by atoms with Crippen molar-refractivity contribution in [1.82, 2.24) is 0 Å². The van der Waals surface area contributed by atoms with Gasteiger partial charge in [0.05, 0.1) is 12.1 Å². The number of rotatable bonds is 6. The zero-order valence-electron chi connectivity index (χ0n) is 13.6. The molecule has 0 saturated carbocycles. The average molecular weight is 357 g/mol. The van der Waals surface area contributed by atoms with Gasteiger partial charge in [-0.05, 0) is 40.6 Å². The van der Waals surface area contributed by atoms with Crippen LogP contribution in [0.15, 0.2) is 60.7 Å². The molecule has 1 N–H and O–H groups in total. The number of benzene rings is 3. The average Bonchev–Trinajstić information content (AvgIpc) is 2.61. The number of methoxy groups -OCH3 is 1. The van der Waals surface area contributed by atoms with Gasteiger partial charge in [-0.15, -0.1) is 0 Å². The van der Waals surface area contributed by atoms with Crippen LogP contribution in [0.2, 0.25) is 5.02 Å². The van der Waals surface area contributed by atoms with E-state index in [1.165, 1.54) is 7.11 Å². The number of carbonyl (C=O) groups is 1. The van der Waals surface area contributed by atoms with Gasteiger partial charge in [-0.2, -0.15) is 0 Å². The summed E-state index contributed by atoms with van der Waals surface area (Å²) in [5.41, 5.74) is 0.763. The van der Waals surface area contributed by atoms with Crippen molar-refractivity contribution in [2.24, 2.45) is 0 Å². The highest BCUT2D eigenvalue weighted by Gasteiger charge is 2.21. The van der Waals surface area contributed by atoms with Gasteiger partial charge in [-0.3, -0.25) is 0 Å². The number of ether oxygens (including phenoxy) is 2. The van der Waals surface area contributed by atoms with Crippen LogP contribution in [0.25, 0.3) is 10.8 Å². The van der Waals surface area contributed by atoms with E-state index in [0.29, 0.717) is 16.5 Å². The molecular formula is C20H17ClO4. The third-order valence-electron chi connectivity index (χ3n) is 3.91. The zero-order valence-corrected chi connectivity index (χ0v) is 14.4. The number of hydrogen-bond acceptors (Lipinski definition) is 3. The highest BCUT2D eigenvalue weighted by atomic mass is 35.5. The minimum absolute atomic E-state index is 0.200. The second-order valence-corrected chi connectivity index (χ2v) is 6.03. The quantitative estimate of drug-likeness (QED) is 0.702. The molecule has 0 saturated heterocycles. The van der Waals surface area contributed by atoms with Crippen molar-refractivity contribution in [3.8, 4) is 11.5 Å². The van der Waals surface area contributed by atoms with Crippen molar-refractivity contribution in [3.05, 3.63) is 71.2 Å². The Kier molecular flexibility index (Phi) is 5.10. The molecule has 0 heterocycles. The van der Waals surface area contributed by atoms with E-state index in [1.54, 1.807) is 24.3 Å². The number of carboxylic acids is 1. The van der Waals surface area contributed by atoms with Crippen LogP contribution in [0.1, 0.15) is 5.56 Å². The first kappa shape index (κ1) is 17.1. The number of aliphatic carboxylic acids is 1. The summed E-state index contributed by atoms with van der Waals surface area (Å²) in [6.45, 7) is 0. The highest BCUT2D eigenvalue weighted by molar-refractivity contribution is 6.32. The van der Waals surface area contributed by atoms with Crippen molar-refractivity contribution in [2.45, 2.75) is 12.5 Å². The SMILES string of the molecule is COc1ccc(C[C@H](Oc2ccc3ccccc3c2)C(=O)O)cc1Cl. The first-order chi connectivity index (χ1) is 12.1. The van der Waals surface area contributed by atoms with Crippen LogP contribution in [-0.2, 0) is 11.2 Å². The molecule has 0 unspecified atom stereocenters. The lowest BCUT2D eigenvalue weighted by atomic mass is 10.1. The number of hydrogen-bond donors (Lipinski definition) is 1. The third-order valence-corrected chi connectivity index (χ3v) is 4.21. The highest BCUT2D eigenvalue weighted by Crippen LogP contribution is 2.26.